The molecular weight excluding hydrogens is 387 g/mol. The van der Waals surface area contributed by atoms with Crippen LogP contribution in [-0.2, 0) is 4.79 Å². The molecule has 1 amide bonds. The van der Waals surface area contributed by atoms with E-state index < -0.39 is 0 Å². The number of hydrogen-bond acceptors (Lipinski definition) is 6. The third-order valence-electron chi connectivity index (χ3n) is 5.00. The second kappa shape index (κ2) is 8.48. The van der Waals surface area contributed by atoms with Gasteiger partial charge < -0.3 is 14.5 Å². The van der Waals surface area contributed by atoms with Crippen molar-refractivity contribution in [2.45, 2.75) is 13.8 Å². The van der Waals surface area contributed by atoms with Crippen molar-refractivity contribution < 1.29 is 13.9 Å². The van der Waals surface area contributed by atoms with Gasteiger partial charge in [0, 0.05) is 31.9 Å². The fraction of sp³-hybridized carbons (Fsp3) is 0.333. The van der Waals surface area contributed by atoms with E-state index in [1.165, 1.54) is 24.3 Å². The van der Waals surface area contributed by atoms with Crippen LogP contribution in [0.25, 0.3) is 5.82 Å². The molecule has 0 saturated carbocycles. The van der Waals surface area contributed by atoms with Crippen LogP contribution in [0.5, 0.6) is 5.75 Å². The van der Waals surface area contributed by atoms with Gasteiger partial charge in [-0.2, -0.15) is 5.10 Å². The van der Waals surface area contributed by atoms with E-state index in [4.69, 9.17) is 4.74 Å². The number of amides is 1. The van der Waals surface area contributed by atoms with Crippen molar-refractivity contribution >= 4 is 11.7 Å². The molecule has 1 fully saturated rings. The van der Waals surface area contributed by atoms with Gasteiger partial charge in [0.1, 0.15) is 11.6 Å². The van der Waals surface area contributed by atoms with Crippen molar-refractivity contribution in [1.82, 2.24) is 24.9 Å². The lowest BCUT2D eigenvalue weighted by molar-refractivity contribution is -0.133. The van der Waals surface area contributed by atoms with Crippen LogP contribution in [0.15, 0.2) is 42.5 Å². The first kappa shape index (κ1) is 19.8. The number of aromatic nitrogens is 4. The van der Waals surface area contributed by atoms with Crippen LogP contribution in [0.2, 0.25) is 0 Å². The topological polar surface area (TPSA) is 76.4 Å². The lowest BCUT2D eigenvalue weighted by Crippen LogP contribution is -2.50. The zero-order chi connectivity index (χ0) is 21.1. The number of carbonyl (C=O) groups is 1. The van der Waals surface area contributed by atoms with Crippen molar-refractivity contribution in [3.05, 3.63) is 59.7 Å². The number of hydrogen-bond donors (Lipinski definition) is 0. The summed E-state index contributed by atoms with van der Waals surface area (Å²) in [7, 11) is 0. The highest BCUT2D eigenvalue weighted by Crippen LogP contribution is 2.16. The number of aryl methyl sites for hydroxylation is 2. The van der Waals surface area contributed by atoms with E-state index in [0.29, 0.717) is 37.7 Å². The Balaban J connectivity index is 1.30. The fourth-order valence-corrected chi connectivity index (χ4v) is 3.41. The molecule has 0 bridgehead atoms. The molecule has 0 radical (unpaired) electrons. The molecule has 0 spiro atoms. The monoisotopic (exact) mass is 410 g/mol. The van der Waals surface area contributed by atoms with Crippen molar-refractivity contribution in [2.24, 2.45) is 0 Å². The summed E-state index contributed by atoms with van der Waals surface area (Å²) >= 11 is 0. The molecule has 1 saturated heterocycles. The summed E-state index contributed by atoms with van der Waals surface area (Å²) in [6.07, 6.45) is 0. The number of carbonyl (C=O) groups excluding carboxylic acids is 1. The van der Waals surface area contributed by atoms with Crippen molar-refractivity contribution in [3.8, 4) is 11.6 Å². The molecular formula is C21H23FN6O2. The van der Waals surface area contributed by atoms with Gasteiger partial charge in [0.15, 0.2) is 18.2 Å². The van der Waals surface area contributed by atoms with E-state index in [1.807, 2.05) is 32.0 Å². The van der Waals surface area contributed by atoms with Crippen molar-refractivity contribution in [2.75, 3.05) is 37.7 Å². The molecule has 30 heavy (non-hydrogen) atoms. The largest absolute Gasteiger partial charge is 0.484 e. The third-order valence-corrected chi connectivity index (χ3v) is 5.00. The van der Waals surface area contributed by atoms with Crippen molar-refractivity contribution in [3.63, 3.8) is 0 Å². The van der Waals surface area contributed by atoms with Crippen LogP contribution in [0.3, 0.4) is 0 Å². The maximum atomic E-state index is 12.9. The Bertz CT molecular complexity index is 1010. The molecule has 1 aliphatic rings. The van der Waals surface area contributed by atoms with E-state index in [1.54, 1.807) is 9.58 Å². The summed E-state index contributed by atoms with van der Waals surface area (Å²) in [4.78, 5) is 16.2. The lowest BCUT2D eigenvalue weighted by Gasteiger charge is -2.35. The zero-order valence-corrected chi connectivity index (χ0v) is 17.0. The molecule has 2 aromatic heterocycles. The maximum absolute atomic E-state index is 12.9. The minimum atomic E-state index is -0.337. The van der Waals surface area contributed by atoms with E-state index in [0.717, 1.165) is 17.2 Å². The molecule has 0 aliphatic carbocycles. The number of rotatable bonds is 5. The first-order chi connectivity index (χ1) is 14.5. The predicted octanol–water partition coefficient (Wildman–Crippen LogP) is 2.15. The van der Waals surface area contributed by atoms with Crippen LogP contribution in [0.4, 0.5) is 10.2 Å². The molecule has 4 rings (SSSR count). The molecule has 3 aromatic rings. The Morgan fingerprint density at radius 1 is 1.00 bits per heavy atom. The van der Waals surface area contributed by atoms with Crippen LogP contribution >= 0.6 is 0 Å². The maximum Gasteiger partial charge on any atom is 0.260 e. The second-order valence-corrected chi connectivity index (χ2v) is 7.20. The molecule has 0 atom stereocenters. The standard InChI is InChI=1S/C21H23FN6O2/c1-15-13-16(2)28(25-15)20-8-7-19(23-24-20)26-9-11-27(12-10-26)21(29)14-30-18-5-3-17(22)4-6-18/h3-8,13H,9-12,14H2,1-2H3. The van der Waals surface area contributed by atoms with Gasteiger partial charge in [0.05, 0.1) is 5.69 Å². The second-order valence-electron chi connectivity index (χ2n) is 7.20. The van der Waals surface area contributed by atoms with Gasteiger partial charge in [-0.15, -0.1) is 10.2 Å². The summed E-state index contributed by atoms with van der Waals surface area (Å²) < 4.78 is 20.2. The quantitative estimate of drug-likeness (QED) is 0.642. The van der Waals surface area contributed by atoms with Gasteiger partial charge in [-0.1, -0.05) is 0 Å². The van der Waals surface area contributed by atoms with Crippen LogP contribution < -0.4 is 9.64 Å². The number of nitrogens with zero attached hydrogens (tertiary/aromatic N) is 6. The number of benzene rings is 1. The number of halogens is 1. The summed E-state index contributed by atoms with van der Waals surface area (Å²) in [6, 6.07) is 11.4. The van der Waals surface area contributed by atoms with Crippen LogP contribution in [-0.4, -0.2) is 63.6 Å². The molecule has 1 aromatic carbocycles. The van der Waals surface area contributed by atoms with Gasteiger partial charge in [-0.3, -0.25) is 4.79 Å². The smallest absolute Gasteiger partial charge is 0.260 e. The number of piperazine rings is 1. The normalized spacial score (nSPS) is 14.1. The average Bonchev–Trinajstić information content (AvgIpc) is 3.11. The van der Waals surface area contributed by atoms with Gasteiger partial charge >= 0.3 is 0 Å². The summed E-state index contributed by atoms with van der Waals surface area (Å²) in [5.41, 5.74) is 1.94. The van der Waals surface area contributed by atoms with E-state index in [2.05, 4.69) is 20.2 Å². The first-order valence-corrected chi connectivity index (χ1v) is 9.78. The van der Waals surface area contributed by atoms with Gasteiger partial charge in [-0.05, 0) is 56.3 Å². The number of anilines is 1. The molecule has 3 heterocycles. The van der Waals surface area contributed by atoms with Crippen LogP contribution in [0.1, 0.15) is 11.4 Å². The summed E-state index contributed by atoms with van der Waals surface area (Å²) in [5.74, 6) is 1.49. The minimum Gasteiger partial charge on any atom is -0.484 e. The Morgan fingerprint density at radius 3 is 2.27 bits per heavy atom. The summed E-state index contributed by atoms with van der Waals surface area (Å²) in [6.45, 7) is 6.33. The Kier molecular flexibility index (Phi) is 5.60. The molecule has 9 heteroatoms. The van der Waals surface area contributed by atoms with Gasteiger partial charge in [0.25, 0.3) is 5.91 Å². The van der Waals surface area contributed by atoms with Crippen LogP contribution in [0, 0.1) is 19.7 Å². The Morgan fingerprint density at radius 2 is 1.67 bits per heavy atom. The lowest BCUT2D eigenvalue weighted by atomic mass is 10.3. The molecule has 156 valence electrons. The molecule has 0 N–H and O–H groups in total. The molecule has 1 aliphatic heterocycles. The van der Waals surface area contributed by atoms with Crippen molar-refractivity contribution in [1.29, 1.82) is 0 Å². The van der Waals surface area contributed by atoms with Gasteiger partial charge in [-0.25, -0.2) is 9.07 Å². The van der Waals surface area contributed by atoms with Gasteiger partial charge in [0.2, 0.25) is 0 Å². The highest BCUT2D eigenvalue weighted by Gasteiger charge is 2.22. The Labute approximate surface area is 173 Å². The average molecular weight is 410 g/mol. The Hall–Kier alpha value is -3.49. The first-order valence-electron chi connectivity index (χ1n) is 9.78. The number of ether oxygens (including phenoxy) is 1. The third kappa shape index (κ3) is 4.40. The molecule has 0 unspecified atom stereocenters. The van der Waals surface area contributed by atoms with E-state index in [9.17, 15) is 9.18 Å². The highest BCUT2D eigenvalue weighted by molar-refractivity contribution is 5.78. The zero-order valence-electron chi connectivity index (χ0n) is 17.0. The predicted molar refractivity (Wildman–Crippen MR) is 109 cm³/mol. The highest BCUT2D eigenvalue weighted by atomic mass is 19.1. The molecule has 8 nitrogen and oxygen atoms in total. The van der Waals surface area contributed by atoms with E-state index >= 15 is 0 Å². The minimum absolute atomic E-state index is 0.0667. The fourth-order valence-electron chi connectivity index (χ4n) is 3.41. The summed E-state index contributed by atoms with van der Waals surface area (Å²) in [5, 5.41) is 13.1. The SMILES string of the molecule is Cc1cc(C)n(-c2ccc(N3CCN(C(=O)COc4ccc(F)cc4)CC3)nn2)n1. The van der Waals surface area contributed by atoms with E-state index in [-0.39, 0.29) is 18.3 Å².